The van der Waals surface area contributed by atoms with Gasteiger partial charge >= 0.3 is 0 Å². The summed E-state index contributed by atoms with van der Waals surface area (Å²) in [4.78, 5) is 23.2. The van der Waals surface area contributed by atoms with Gasteiger partial charge in [0, 0.05) is 29.0 Å². The molecule has 0 spiro atoms. The molecular formula is C16H18N4O. The molecule has 0 bridgehead atoms. The topological polar surface area (TPSA) is 73.6 Å². The van der Waals surface area contributed by atoms with Crippen LogP contribution in [-0.4, -0.2) is 20.9 Å². The van der Waals surface area contributed by atoms with Crippen LogP contribution in [0.2, 0.25) is 0 Å². The number of rotatable bonds is 4. The molecule has 2 heterocycles. The summed E-state index contributed by atoms with van der Waals surface area (Å²) < 4.78 is 0. The molecule has 1 aromatic carbocycles. The minimum absolute atomic E-state index is 0.0757. The molecule has 1 atom stereocenters. The van der Waals surface area contributed by atoms with Gasteiger partial charge in [-0.2, -0.15) is 0 Å². The predicted molar refractivity (Wildman–Crippen MR) is 82.1 cm³/mol. The van der Waals surface area contributed by atoms with Gasteiger partial charge in [-0.05, 0) is 19.4 Å². The Morgan fingerprint density at radius 2 is 2.19 bits per heavy atom. The van der Waals surface area contributed by atoms with Crippen molar-refractivity contribution in [1.82, 2.24) is 20.3 Å². The maximum atomic E-state index is 12.6. The molecule has 21 heavy (non-hydrogen) atoms. The summed E-state index contributed by atoms with van der Waals surface area (Å²) in [5.74, 6) is 0.705. The molecule has 2 aromatic heterocycles. The van der Waals surface area contributed by atoms with E-state index in [1.165, 1.54) is 0 Å². The summed E-state index contributed by atoms with van der Waals surface area (Å²) in [7, 11) is 0. The van der Waals surface area contributed by atoms with Gasteiger partial charge in [-0.25, -0.2) is 4.98 Å². The van der Waals surface area contributed by atoms with Crippen LogP contribution in [0.1, 0.15) is 41.3 Å². The Morgan fingerprint density at radius 1 is 1.38 bits per heavy atom. The first-order valence-corrected chi connectivity index (χ1v) is 7.08. The maximum absolute atomic E-state index is 12.6. The van der Waals surface area contributed by atoms with E-state index in [9.17, 15) is 4.79 Å². The van der Waals surface area contributed by atoms with E-state index in [-0.39, 0.29) is 11.9 Å². The van der Waals surface area contributed by atoms with Crippen molar-refractivity contribution in [2.45, 2.75) is 26.3 Å². The molecule has 0 aliphatic carbocycles. The minimum atomic E-state index is -0.111. The zero-order valence-electron chi connectivity index (χ0n) is 12.1. The number of aryl methyl sites for hydroxylation is 1. The van der Waals surface area contributed by atoms with Gasteiger partial charge in [0.2, 0.25) is 0 Å². The van der Waals surface area contributed by atoms with Crippen molar-refractivity contribution >= 4 is 16.8 Å². The number of para-hydroxylation sites is 1. The van der Waals surface area contributed by atoms with E-state index < -0.39 is 0 Å². The number of carbonyl (C=O) groups excluding carboxylic acids is 1. The maximum Gasteiger partial charge on any atom is 0.254 e. The Kier molecular flexibility index (Phi) is 3.48. The summed E-state index contributed by atoms with van der Waals surface area (Å²) in [6.07, 6.45) is 4.24. The van der Waals surface area contributed by atoms with Gasteiger partial charge < -0.3 is 15.3 Å². The smallest absolute Gasteiger partial charge is 0.254 e. The van der Waals surface area contributed by atoms with Crippen LogP contribution in [-0.2, 0) is 0 Å². The molecule has 0 saturated carbocycles. The second-order valence-electron chi connectivity index (χ2n) is 5.08. The van der Waals surface area contributed by atoms with Crippen LogP contribution >= 0.6 is 0 Å². The molecule has 1 amide bonds. The first-order valence-electron chi connectivity index (χ1n) is 7.08. The van der Waals surface area contributed by atoms with Crippen molar-refractivity contribution in [2.75, 3.05) is 0 Å². The molecule has 3 rings (SSSR count). The summed E-state index contributed by atoms with van der Waals surface area (Å²) >= 11 is 0. The zero-order chi connectivity index (χ0) is 14.8. The van der Waals surface area contributed by atoms with Gasteiger partial charge in [-0.1, -0.05) is 25.1 Å². The standard InChI is InChI=1S/C16H18N4O/c1-3-12(15-17-8-9-18-15)20-16(21)14-10(2)19-13-7-5-4-6-11(13)14/h4-9,12,19H,3H2,1-2H3,(H,17,18)(H,20,21). The highest BCUT2D eigenvalue weighted by molar-refractivity contribution is 6.08. The molecular weight excluding hydrogens is 264 g/mol. The van der Waals surface area contributed by atoms with Gasteiger partial charge in [0.25, 0.3) is 5.91 Å². The van der Waals surface area contributed by atoms with Gasteiger partial charge in [0.05, 0.1) is 11.6 Å². The number of amides is 1. The highest BCUT2D eigenvalue weighted by atomic mass is 16.1. The van der Waals surface area contributed by atoms with Crippen molar-refractivity contribution in [3.8, 4) is 0 Å². The molecule has 108 valence electrons. The van der Waals surface area contributed by atoms with Crippen molar-refractivity contribution in [1.29, 1.82) is 0 Å². The monoisotopic (exact) mass is 282 g/mol. The lowest BCUT2D eigenvalue weighted by molar-refractivity contribution is 0.0935. The molecule has 3 aromatic rings. The Bertz CT molecular complexity index is 758. The molecule has 5 heteroatoms. The number of aromatic nitrogens is 3. The van der Waals surface area contributed by atoms with Crippen LogP contribution in [0.5, 0.6) is 0 Å². The highest BCUT2D eigenvalue weighted by Crippen LogP contribution is 2.23. The molecule has 0 saturated heterocycles. The second kappa shape index (κ2) is 5.44. The van der Waals surface area contributed by atoms with Crippen LogP contribution in [0.25, 0.3) is 10.9 Å². The van der Waals surface area contributed by atoms with Crippen molar-refractivity contribution in [3.63, 3.8) is 0 Å². The number of carbonyl (C=O) groups is 1. The number of imidazole rings is 1. The molecule has 3 N–H and O–H groups in total. The van der Waals surface area contributed by atoms with Crippen LogP contribution in [0, 0.1) is 6.92 Å². The van der Waals surface area contributed by atoms with Gasteiger partial charge in [0.1, 0.15) is 5.82 Å². The third-order valence-electron chi connectivity index (χ3n) is 3.68. The van der Waals surface area contributed by atoms with Crippen molar-refractivity contribution < 1.29 is 4.79 Å². The fourth-order valence-corrected chi connectivity index (χ4v) is 2.63. The van der Waals surface area contributed by atoms with Crippen molar-refractivity contribution in [2.24, 2.45) is 0 Å². The average Bonchev–Trinajstić information content (AvgIpc) is 3.10. The van der Waals surface area contributed by atoms with E-state index in [1.54, 1.807) is 12.4 Å². The highest BCUT2D eigenvalue weighted by Gasteiger charge is 2.20. The van der Waals surface area contributed by atoms with Gasteiger partial charge in [-0.15, -0.1) is 0 Å². The second-order valence-corrected chi connectivity index (χ2v) is 5.08. The fraction of sp³-hybridized carbons (Fsp3) is 0.250. The normalized spacial score (nSPS) is 12.5. The first-order chi connectivity index (χ1) is 10.2. The number of nitrogens with zero attached hydrogens (tertiary/aromatic N) is 1. The Balaban J connectivity index is 1.92. The van der Waals surface area contributed by atoms with Crippen LogP contribution in [0.15, 0.2) is 36.7 Å². The number of H-pyrrole nitrogens is 2. The van der Waals surface area contributed by atoms with E-state index in [4.69, 9.17) is 0 Å². The first kappa shape index (κ1) is 13.4. The Morgan fingerprint density at radius 3 is 2.90 bits per heavy atom. The molecule has 1 unspecified atom stereocenters. The predicted octanol–water partition coefficient (Wildman–Crippen LogP) is 3.08. The van der Waals surface area contributed by atoms with E-state index in [0.29, 0.717) is 5.56 Å². The van der Waals surface area contributed by atoms with Crippen LogP contribution in [0.4, 0.5) is 0 Å². The van der Waals surface area contributed by atoms with Crippen LogP contribution in [0.3, 0.4) is 0 Å². The lowest BCUT2D eigenvalue weighted by Crippen LogP contribution is -2.29. The van der Waals surface area contributed by atoms with Gasteiger partial charge in [0.15, 0.2) is 0 Å². The summed E-state index contributed by atoms with van der Waals surface area (Å²) in [6.45, 7) is 3.94. The SMILES string of the molecule is CCC(NC(=O)c1c(C)[nH]c2ccccc12)c1ncc[nH]1. The number of hydrogen-bond acceptors (Lipinski definition) is 2. The molecule has 0 aliphatic rings. The summed E-state index contributed by atoms with van der Waals surface area (Å²) in [5, 5.41) is 4.00. The van der Waals surface area contributed by atoms with Crippen molar-refractivity contribution in [3.05, 3.63) is 53.7 Å². The summed E-state index contributed by atoms with van der Waals surface area (Å²) in [5.41, 5.74) is 2.56. The number of fused-ring (bicyclic) bond motifs is 1. The Labute approximate surface area is 122 Å². The van der Waals surface area contributed by atoms with Gasteiger partial charge in [-0.3, -0.25) is 4.79 Å². The van der Waals surface area contributed by atoms with E-state index in [2.05, 4.69) is 20.3 Å². The largest absolute Gasteiger partial charge is 0.358 e. The number of benzene rings is 1. The van der Waals surface area contributed by atoms with E-state index in [0.717, 1.165) is 28.8 Å². The quantitative estimate of drug-likeness (QED) is 0.688. The van der Waals surface area contributed by atoms with E-state index >= 15 is 0 Å². The lowest BCUT2D eigenvalue weighted by atomic mass is 10.1. The van der Waals surface area contributed by atoms with Crippen LogP contribution < -0.4 is 5.32 Å². The fourth-order valence-electron chi connectivity index (χ4n) is 2.63. The summed E-state index contributed by atoms with van der Waals surface area (Å²) in [6, 6.07) is 7.72. The third-order valence-corrected chi connectivity index (χ3v) is 3.68. The third kappa shape index (κ3) is 2.42. The minimum Gasteiger partial charge on any atom is -0.358 e. The molecule has 5 nitrogen and oxygen atoms in total. The number of nitrogens with one attached hydrogen (secondary N) is 3. The average molecular weight is 282 g/mol. The number of hydrogen-bond donors (Lipinski definition) is 3. The molecule has 0 aliphatic heterocycles. The van der Waals surface area contributed by atoms with E-state index in [1.807, 2.05) is 38.1 Å². The number of aromatic amines is 2. The molecule has 0 fully saturated rings. The Hall–Kier alpha value is -2.56. The zero-order valence-corrected chi connectivity index (χ0v) is 12.1. The molecule has 0 radical (unpaired) electrons. The lowest BCUT2D eigenvalue weighted by Gasteiger charge is -2.14.